The van der Waals surface area contributed by atoms with Crippen LogP contribution in [0.4, 0.5) is 4.39 Å². The van der Waals surface area contributed by atoms with Gasteiger partial charge in [0.25, 0.3) is 0 Å². The van der Waals surface area contributed by atoms with Crippen molar-refractivity contribution in [2.24, 2.45) is 22.7 Å². The number of carbonyl (C=O) groups is 3. The van der Waals surface area contributed by atoms with E-state index in [9.17, 15) is 19.5 Å². The van der Waals surface area contributed by atoms with Crippen LogP contribution in [0.15, 0.2) is 88.2 Å². The third kappa shape index (κ3) is 4.66. The Kier molecular flexibility index (Phi) is 7.98. The first-order chi connectivity index (χ1) is 20.5. The summed E-state index contributed by atoms with van der Waals surface area (Å²) >= 11 is 8.46. The monoisotopic (exact) mass is 640 g/mol. The summed E-state index contributed by atoms with van der Waals surface area (Å²) in [5.74, 6) is -1.73. The van der Waals surface area contributed by atoms with Crippen LogP contribution in [0, 0.1) is 22.7 Å². The molecule has 0 spiro atoms. The summed E-state index contributed by atoms with van der Waals surface area (Å²) in [6, 6.07) is 16.9. The maximum absolute atomic E-state index is 17.5. The number of allylic oxidation sites excluding steroid dienone is 4. The number of halogens is 2. The van der Waals surface area contributed by atoms with Gasteiger partial charge in [0, 0.05) is 26.5 Å². The van der Waals surface area contributed by atoms with Gasteiger partial charge in [0.15, 0.2) is 17.1 Å². The van der Waals surface area contributed by atoms with Gasteiger partial charge >= 0.3 is 5.97 Å². The summed E-state index contributed by atoms with van der Waals surface area (Å²) in [7, 11) is 0. The van der Waals surface area contributed by atoms with Crippen molar-refractivity contribution in [2.75, 3.05) is 5.21 Å². The van der Waals surface area contributed by atoms with Gasteiger partial charge in [-0.1, -0.05) is 60.3 Å². The molecule has 4 aliphatic rings. The first-order valence-electron chi connectivity index (χ1n) is 14.6. The minimum atomic E-state index is -2.03. The third-order valence-corrected chi connectivity index (χ3v) is 12.7. The lowest BCUT2D eigenvalue weighted by atomic mass is 9.45. The van der Waals surface area contributed by atoms with Crippen LogP contribution < -0.4 is 0 Å². The van der Waals surface area contributed by atoms with Crippen molar-refractivity contribution >= 4 is 52.0 Å². The number of thioether (sulfide) groups is 1. The van der Waals surface area contributed by atoms with E-state index in [2.05, 4.69) is 0 Å². The highest BCUT2D eigenvalue weighted by atomic mass is 35.5. The Morgan fingerprint density at radius 3 is 2.44 bits per heavy atom. The van der Waals surface area contributed by atoms with E-state index in [4.69, 9.17) is 16.3 Å². The van der Waals surface area contributed by atoms with Gasteiger partial charge < -0.3 is 9.84 Å². The molecule has 2 aromatic rings. The number of hydrogen-bond donors (Lipinski definition) is 1. The summed E-state index contributed by atoms with van der Waals surface area (Å²) < 4.78 is 23.8. The first kappa shape index (κ1) is 30.6. The van der Waals surface area contributed by atoms with Gasteiger partial charge in [-0.15, -0.1) is 11.6 Å². The molecule has 6 rings (SSSR count). The molecule has 0 aromatic heterocycles. The number of alkyl halides is 2. The highest BCUT2D eigenvalue weighted by molar-refractivity contribution is 8.14. The Bertz CT molecular complexity index is 1510. The molecule has 0 heterocycles. The van der Waals surface area contributed by atoms with Crippen LogP contribution in [0.25, 0.3) is 0 Å². The van der Waals surface area contributed by atoms with E-state index in [1.807, 2.05) is 49.4 Å². The molecule has 0 radical (unpaired) electrons. The Morgan fingerprint density at radius 2 is 1.74 bits per heavy atom. The fourth-order valence-electron chi connectivity index (χ4n) is 8.41. The molecular formula is C34H34ClFO5S2. The number of rotatable bonds is 6. The molecule has 9 heteroatoms. The average Bonchev–Trinajstić information content (AvgIpc) is 3.27. The van der Waals surface area contributed by atoms with Crippen molar-refractivity contribution in [1.29, 1.82) is 0 Å². The zero-order valence-electron chi connectivity index (χ0n) is 24.1. The Labute approximate surface area is 264 Å². The van der Waals surface area contributed by atoms with Gasteiger partial charge in [-0.3, -0.25) is 9.59 Å². The molecule has 0 aliphatic heterocycles. The van der Waals surface area contributed by atoms with E-state index in [-0.39, 0.29) is 34.9 Å². The molecule has 43 heavy (non-hydrogen) atoms. The Balaban J connectivity index is 1.31. The Morgan fingerprint density at radius 1 is 1.05 bits per heavy atom. The number of ketones is 1. The molecule has 0 bridgehead atoms. The van der Waals surface area contributed by atoms with E-state index in [1.54, 1.807) is 36.9 Å². The predicted octanol–water partition coefficient (Wildman–Crippen LogP) is 7.56. The number of carbonyl (C=O) groups excluding carboxylic acids is 3. The van der Waals surface area contributed by atoms with Gasteiger partial charge in [-0.05, 0) is 93.5 Å². The molecular weight excluding hydrogens is 607 g/mol. The lowest BCUT2D eigenvalue weighted by Gasteiger charge is -2.62. The van der Waals surface area contributed by atoms with Crippen LogP contribution in [0.2, 0.25) is 0 Å². The highest BCUT2D eigenvalue weighted by Crippen LogP contribution is 2.70. The van der Waals surface area contributed by atoms with E-state index in [1.165, 1.54) is 12.2 Å². The van der Waals surface area contributed by atoms with Crippen molar-refractivity contribution < 1.29 is 28.6 Å². The molecule has 3 fully saturated rings. The number of esters is 1. The summed E-state index contributed by atoms with van der Waals surface area (Å²) in [5, 5.41) is 11.3. The molecule has 0 saturated heterocycles. The van der Waals surface area contributed by atoms with Crippen molar-refractivity contribution in [1.82, 2.24) is 0 Å². The van der Waals surface area contributed by atoms with Crippen LogP contribution in [0.5, 0.6) is 0 Å². The fraction of sp³-hybridized carbons (Fsp3) is 0.441. The SMILES string of the molecule is C[C@]12C=CC(=O)C=C1CC[C@H]1[C@@H]3CC[C@](OC(=O)c4ccc(Sc5ccccc5)cc4)(C(=O)SCCl)[C@@]3(C)C[C@H](O)[C@@]12F. The number of hydrogen-bond acceptors (Lipinski definition) is 7. The first-order valence-corrected chi connectivity index (χ1v) is 16.9. The van der Waals surface area contributed by atoms with Gasteiger partial charge in [0.1, 0.15) is 0 Å². The van der Waals surface area contributed by atoms with Crippen molar-refractivity contribution in [2.45, 2.75) is 73.1 Å². The minimum Gasteiger partial charge on any atom is -0.446 e. The summed E-state index contributed by atoms with van der Waals surface area (Å²) in [6.07, 6.45) is 4.63. The van der Waals surface area contributed by atoms with E-state index in [0.717, 1.165) is 21.6 Å². The molecule has 5 nitrogen and oxygen atoms in total. The molecule has 3 saturated carbocycles. The number of fused-ring (bicyclic) bond motifs is 5. The van der Waals surface area contributed by atoms with Crippen LogP contribution in [0.3, 0.4) is 0 Å². The second-order valence-electron chi connectivity index (χ2n) is 12.5. The average molecular weight is 641 g/mol. The number of aliphatic hydroxyl groups excluding tert-OH is 1. The smallest absolute Gasteiger partial charge is 0.339 e. The largest absolute Gasteiger partial charge is 0.446 e. The van der Waals surface area contributed by atoms with Crippen LogP contribution >= 0.6 is 35.1 Å². The van der Waals surface area contributed by atoms with Crippen molar-refractivity contribution in [3.8, 4) is 0 Å². The fourth-order valence-corrected chi connectivity index (χ4v) is 10.3. The summed E-state index contributed by atoms with van der Waals surface area (Å²) in [5.41, 5.74) is -4.77. The van der Waals surface area contributed by atoms with E-state index >= 15 is 4.39 Å². The topological polar surface area (TPSA) is 80.7 Å². The molecule has 226 valence electrons. The maximum atomic E-state index is 17.5. The zero-order valence-corrected chi connectivity index (χ0v) is 26.4. The van der Waals surface area contributed by atoms with Crippen LogP contribution in [-0.2, 0) is 14.3 Å². The molecule has 4 aliphatic carbocycles. The number of benzene rings is 2. The normalized spacial score (nSPS) is 36.3. The second kappa shape index (κ2) is 11.2. The lowest BCUT2D eigenvalue weighted by Crippen LogP contribution is -2.69. The highest BCUT2D eigenvalue weighted by Gasteiger charge is 2.75. The van der Waals surface area contributed by atoms with Gasteiger partial charge in [0.05, 0.1) is 16.9 Å². The second-order valence-corrected chi connectivity index (χ2v) is 15.2. The third-order valence-electron chi connectivity index (χ3n) is 10.6. The quantitative estimate of drug-likeness (QED) is 0.258. The van der Waals surface area contributed by atoms with Crippen molar-refractivity contribution in [3.05, 3.63) is 84.0 Å². The summed E-state index contributed by atoms with van der Waals surface area (Å²) in [6.45, 7) is 3.62. The zero-order chi connectivity index (χ0) is 30.6. The number of aliphatic hydroxyl groups is 1. The molecule has 1 N–H and O–H groups in total. The molecule has 2 aromatic carbocycles. The molecule has 0 amide bonds. The van der Waals surface area contributed by atoms with Crippen LogP contribution in [0.1, 0.15) is 56.3 Å². The van der Waals surface area contributed by atoms with Gasteiger partial charge in [0.2, 0.25) is 5.12 Å². The summed E-state index contributed by atoms with van der Waals surface area (Å²) in [4.78, 5) is 41.7. The van der Waals surface area contributed by atoms with Crippen LogP contribution in [-0.4, -0.2) is 44.6 Å². The molecule has 7 atom stereocenters. The van der Waals surface area contributed by atoms with E-state index in [0.29, 0.717) is 30.4 Å². The van der Waals surface area contributed by atoms with Gasteiger partial charge in [-0.25, -0.2) is 9.18 Å². The van der Waals surface area contributed by atoms with E-state index < -0.39 is 40.1 Å². The Hall–Kier alpha value is -2.39. The van der Waals surface area contributed by atoms with Gasteiger partial charge in [-0.2, -0.15) is 0 Å². The van der Waals surface area contributed by atoms with Crippen molar-refractivity contribution in [3.63, 3.8) is 0 Å². The lowest BCUT2D eigenvalue weighted by molar-refractivity contribution is -0.214. The predicted molar refractivity (Wildman–Crippen MR) is 167 cm³/mol. The number of ether oxygens (including phenoxy) is 1. The minimum absolute atomic E-state index is 0.0195. The standard InChI is InChI=1S/C34H34ClFO5S2/c1-31-16-14-23(37)18-22(31)10-13-27-26-15-17-33(30(40)42-20-35,32(26,2)19-28(38)34(27,31)36)41-29(39)21-8-11-25(12-9-21)43-24-6-4-3-5-7-24/h3-9,11-12,14,16,18,26-28,38H,10,13,15,17,19-20H2,1-2H3/t26-,27-,28-,31-,32-,33-,34-/m0/s1. The maximum Gasteiger partial charge on any atom is 0.339 e. The molecule has 0 unspecified atom stereocenters.